The molecule has 47 heavy (non-hydrogen) atoms. The number of anilines is 2. The summed E-state index contributed by atoms with van der Waals surface area (Å²) in [6.07, 6.45) is -8.54. The highest BCUT2D eigenvalue weighted by atomic mass is 31.2. The summed E-state index contributed by atoms with van der Waals surface area (Å²) in [4.78, 5) is 66.4. The highest BCUT2D eigenvalue weighted by Crippen LogP contribution is 2.51. The largest absolute Gasteiger partial charge is 0.472 e. The van der Waals surface area contributed by atoms with Gasteiger partial charge in [-0.1, -0.05) is 0 Å². The molecular weight excluding hydrogens is 676 g/mol. The third-order valence-electron chi connectivity index (χ3n) is 7.68. The first-order chi connectivity index (χ1) is 22.2. The number of phosphoric ester groups is 1. The number of nitrogens with one attached hydrogen (secondary N) is 2. The molecule has 11 N–H and O–H groups in total. The first-order valence-corrected chi connectivity index (χ1v) is 16.9. The Hall–Kier alpha value is -3.64. The summed E-state index contributed by atoms with van der Waals surface area (Å²) < 4.78 is 61.9. The standard InChI is InChI=1S/C21H27N11O13P2/c22-8-12-6(43-18(8)31-3-25-9-14(31)27-20(23)29-16(9)34)1-41-46(36,37)5-40-13-7(2-42-47(38,39)45-12)44-19(11(13)33)32-4-26-10-15(32)28-21(24)30-17(10)35/h3-4,6-8,11-13,18-19,33H,1-2,5,22H2,(H,36,37)(H,38,39)(H3,23,27,29,34)(H3,24,28,30,35)/t6-,7-,8-,11-,12-,13-,18?,19-/m1/s1. The zero-order valence-corrected chi connectivity index (χ0v) is 25.4. The number of rotatable bonds is 2. The number of nitrogen functional groups attached to an aromatic ring is 2. The number of H-pyrrole nitrogens is 2. The summed E-state index contributed by atoms with van der Waals surface area (Å²) in [5.41, 5.74) is 16.1. The number of fused-ring (bicyclic) bond motifs is 4. The van der Waals surface area contributed by atoms with Gasteiger partial charge in [-0.25, -0.2) is 14.5 Å². The minimum atomic E-state index is -5.03. The van der Waals surface area contributed by atoms with E-state index in [0.717, 1.165) is 6.33 Å². The first-order valence-electron chi connectivity index (χ1n) is 13.6. The zero-order valence-electron chi connectivity index (χ0n) is 23.6. The van der Waals surface area contributed by atoms with Gasteiger partial charge in [0.2, 0.25) is 11.9 Å². The zero-order chi connectivity index (χ0) is 33.4. The van der Waals surface area contributed by atoms with Gasteiger partial charge in [-0.2, -0.15) is 9.97 Å². The smallest absolute Gasteiger partial charge is 0.386 e. The minimum Gasteiger partial charge on any atom is -0.386 e. The van der Waals surface area contributed by atoms with Crippen LogP contribution >= 0.6 is 15.4 Å². The van der Waals surface area contributed by atoms with Gasteiger partial charge < -0.3 is 50.8 Å². The minimum absolute atomic E-state index is 0.0308. The second-order valence-corrected chi connectivity index (χ2v) is 14.0. The molecular formula is C21H27N11O13P2. The van der Waals surface area contributed by atoms with Crippen molar-refractivity contribution >= 4 is 49.6 Å². The third kappa shape index (κ3) is 5.77. The molecule has 4 aromatic heterocycles. The Kier molecular flexibility index (Phi) is 7.82. The van der Waals surface area contributed by atoms with E-state index in [4.69, 9.17) is 45.0 Å². The van der Waals surface area contributed by atoms with Gasteiger partial charge in [0.15, 0.2) is 34.8 Å². The maximum Gasteiger partial charge on any atom is 0.472 e. The Morgan fingerprint density at radius 2 is 1.38 bits per heavy atom. The Labute approximate surface area is 259 Å². The van der Waals surface area contributed by atoms with Crippen molar-refractivity contribution in [1.82, 2.24) is 39.0 Å². The fourth-order valence-corrected chi connectivity index (χ4v) is 7.38. The van der Waals surface area contributed by atoms with Crippen LogP contribution in [0.5, 0.6) is 0 Å². The molecule has 3 fully saturated rings. The van der Waals surface area contributed by atoms with Gasteiger partial charge in [-0.3, -0.25) is 42.3 Å². The molecule has 3 unspecified atom stereocenters. The molecule has 0 radical (unpaired) electrons. The van der Waals surface area contributed by atoms with Crippen LogP contribution in [-0.4, -0.2) is 110 Å². The maximum atomic E-state index is 13.2. The fraction of sp³-hybridized carbons (Fsp3) is 0.524. The summed E-state index contributed by atoms with van der Waals surface area (Å²) in [5.74, 6) is -0.483. The lowest BCUT2D eigenvalue weighted by molar-refractivity contribution is -0.0584. The third-order valence-corrected chi connectivity index (χ3v) is 9.69. The number of nitrogens with two attached hydrogens (primary N) is 3. The van der Waals surface area contributed by atoms with Crippen LogP contribution in [0.3, 0.4) is 0 Å². The van der Waals surface area contributed by atoms with Gasteiger partial charge in [-0.15, -0.1) is 0 Å². The van der Waals surface area contributed by atoms with Crippen LogP contribution in [0.25, 0.3) is 22.3 Å². The normalized spacial score (nSPS) is 36.9. The van der Waals surface area contributed by atoms with Gasteiger partial charge in [0, 0.05) is 0 Å². The van der Waals surface area contributed by atoms with E-state index in [9.17, 15) is 33.6 Å². The van der Waals surface area contributed by atoms with Crippen molar-refractivity contribution in [3.63, 3.8) is 0 Å². The number of aliphatic hydroxyl groups is 1. The lowest BCUT2D eigenvalue weighted by atomic mass is 10.1. The average Bonchev–Trinajstić information content (AvgIpc) is 3.74. The number of imidazole rings is 2. The van der Waals surface area contributed by atoms with Crippen molar-refractivity contribution in [2.75, 3.05) is 31.0 Å². The van der Waals surface area contributed by atoms with Gasteiger partial charge >= 0.3 is 15.4 Å². The van der Waals surface area contributed by atoms with Crippen LogP contribution in [0.4, 0.5) is 11.9 Å². The molecule has 7 heterocycles. The van der Waals surface area contributed by atoms with Crippen molar-refractivity contribution in [2.45, 2.75) is 49.0 Å². The summed E-state index contributed by atoms with van der Waals surface area (Å²) in [6, 6.07) is -1.29. The maximum absolute atomic E-state index is 13.2. The predicted molar refractivity (Wildman–Crippen MR) is 153 cm³/mol. The van der Waals surface area contributed by atoms with Crippen molar-refractivity contribution < 1.29 is 51.8 Å². The molecule has 0 aromatic carbocycles. The van der Waals surface area contributed by atoms with E-state index in [2.05, 4.69) is 29.9 Å². The monoisotopic (exact) mass is 703 g/mol. The van der Waals surface area contributed by atoms with E-state index in [-0.39, 0.29) is 34.2 Å². The summed E-state index contributed by atoms with van der Waals surface area (Å²) in [6.45, 7) is -1.45. The number of aliphatic hydroxyl groups excluding tert-OH is 1. The van der Waals surface area contributed by atoms with E-state index in [0.29, 0.717) is 0 Å². The van der Waals surface area contributed by atoms with Gasteiger partial charge in [0.05, 0.1) is 31.9 Å². The summed E-state index contributed by atoms with van der Waals surface area (Å²) in [7, 11) is -9.65. The number of hydrogen-bond acceptors (Lipinski definition) is 18. The molecule has 0 aliphatic carbocycles. The SMILES string of the molecule is Nc1nc2c(ncn2C2O[C@@H]3COP(=O)(O)CO[C@H]4[C@@H](O)[C@H](n5cnc6c(=O)[nH]c(N)nc65)O[C@@H]4COP(=O)(O)O[C@H]3[C@H]2N)c(=O)[nH]1. The first kappa shape index (κ1) is 31.9. The van der Waals surface area contributed by atoms with Gasteiger partial charge in [0.25, 0.3) is 11.1 Å². The van der Waals surface area contributed by atoms with Crippen molar-refractivity contribution in [3.8, 4) is 0 Å². The van der Waals surface area contributed by atoms with Gasteiger partial charge in [-0.05, 0) is 0 Å². The number of phosphoric acid groups is 1. The Morgan fingerprint density at radius 3 is 2.00 bits per heavy atom. The number of nitrogens with zero attached hydrogens (tertiary/aromatic N) is 6. The number of hydrogen-bond donors (Lipinski definition) is 8. The Bertz CT molecular complexity index is 2070. The van der Waals surface area contributed by atoms with E-state index in [1.807, 2.05) is 0 Å². The second kappa shape index (κ2) is 11.5. The van der Waals surface area contributed by atoms with E-state index in [1.54, 1.807) is 0 Å². The van der Waals surface area contributed by atoms with Crippen LogP contribution in [-0.2, 0) is 36.9 Å². The number of aromatic nitrogens is 8. The molecule has 10 atom stereocenters. The summed E-state index contributed by atoms with van der Waals surface area (Å²) in [5, 5.41) is 11.2. The lowest BCUT2D eigenvalue weighted by Crippen LogP contribution is -2.41. The molecule has 0 bridgehead atoms. The molecule has 3 saturated heterocycles. The van der Waals surface area contributed by atoms with Crippen LogP contribution in [0.2, 0.25) is 0 Å². The lowest BCUT2D eigenvalue weighted by Gasteiger charge is -2.24. The molecule has 3 aliphatic heterocycles. The molecule has 4 aromatic rings. The predicted octanol–water partition coefficient (Wildman–Crippen LogP) is -3.04. The second-order valence-electron chi connectivity index (χ2n) is 10.8. The molecule has 3 aliphatic rings. The highest BCUT2D eigenvalue weighted by Gasteiger charge is 2.52. The molecule has 24 nitrogen and oxygen atoms in total. The molecule has 0 spiro atoms. The van der Waals surface area contributed by atoms with E-state index in [1.165, 1.54) is 15.5 Å². The Morgan fingerprint density at radius 1 is 0.851 bits per heavy atom. The number of aromatic amines is 2. The van der Waals surface area contributed by atoms with E-state index < -0.39 is 95.1 Å². The Balaban J connectivity index is 1.17. The molecule has 7 rings (SSSR count). The number of ether oxygens (including phenoxy) is 3. The molecule has 0 amide bonds. The summed E-state index contributed by atoms with van der Waals surface area (Å²) >= 11 is 0. The average molecular weight is 703 g/mol. The van der Waals surface area contributed by atoms with Crippen LogP contribution in [0, 0.1) is 0 Å². The van der Waals surface area contributed by atoms with Crippen LogP contribution in [0.1, 0.15) is 12.5 Å². The molecule has 0 saturated carbocycles. The van der Waals surface area contributed by atoms with Crippen LogP contribution in [0.15, 0.2) is 22.2 Å². The van der Waals surface area contributed by atoms with Gasteiger partial charge in [0.1, 0.15) is 36.9 Å². The highest BCUT2D eigenvalue weighted by molar-refractivity contribution is 7.52. The van der Waals surface area contributed by atoms with Crippen molar-refractivity contribution in [1.29, 1.82) is 0 Å². The van der Waals surface area contributed by atoms with Crippen molar-refractivity contribution in [2.24, 2.45) is 5.73 Å². The fourth-order valence-electron chi connectivity index (χ4n) is 5.59. The quantitative estimate of drug-likeness (QED) is 0.0962. The van der Waals surface area contributed by atoms with Crippen LogP contribution < -0.4 is 28.3 Å². The van der Waals surface area contributed by atoms with Crippen molar-refractivity contribution in [3.05, 3.63) is 33.4 Å². The topological polar surface area (TPSA) is 355 Å². The molecule has 254 valence electrons. The molecule has 26 heteroatoms. The van der Waals surface area contributed by atoms with E-state index >= 15 is 0 Å².